The molecular weight excluding hydrogens is 356 g/mol. The molecule has 0 spiro atoms. The molecule has 3 aliphatic heterocycles. The van der Waals surface area contributed by atoms with Gasteiger partial charge in [-0.15, -0.1) is 12.4 Å². The Bertz CT molecular complexity index is 806. The summed E-state index contributed by atoms with van der Waals surface area (Å²) >= 11 is 0. The zero-order chi connectivity index (χ0) is 17.5. The summed E-state index contributed by atoms with van der Waals surface area (Å²) in [7, 11) is 0. The molecule has 1 N–H and O–H groups in total. The second kappa shape index (κ2) is 7.81. The second-order valence-electron chi connectivity index (χ2n) is 8.49. The van der Waals surface area contributed by atoms with E-state index in [1.165, 1.54) is 42.0 Å². The maximum absolute atomic E-state index is 13.2. The third-order valence-electron chi connectivity index (χ3n) is 6.79. The molecule has 4 heteroatoms. The van der Waals surface area contributed by atoms with E-state index >= 15 is 0 Å². The fourth-order valence-corrected chi connectivity index (χ4v) is 5.64. The van der Waals surface area contributed by atoms with Crippen molar-refractivity contribution in [3.05, 3.63) is 48.0 Å². The van der Waals surface area contributed by atoms with Gasteiger partial charge < -0.3 is 10.2 Å². The Balaban J connectivity index is 0.00000180. The van der Waals surface area contributed by atoms with Gasteiger partial charge in [-0.05, 0) is 60.8 Å². The van der Waals surface area contributed by atoms with Crippen molar-refractivity contribution >= 4 is 29.1 Å². The number of rotatable bonds is 3. The van der Waals surface area contributed by atoms with E-state index in [0.717, 1.165) is 25.8 Å². The van der Waals surface area contributed by atoms with Crippen molar-refractivity contribution in [2.24, 2.45) is 5.92 Å². The molecule has 0 aromatic heterocycles. The summed E-state index contributed by atoms with van der Waals surface area (Å²) in [6, 6.07) is 16.7. The van der Waals surface area contributed by atoms with Gasteiger partial charge in [0.1, 0.15) is 0 Å². The Labute approximate surface area is 167 Å². The monoisotopic (exact) mass is 384 g/mol. The summed E-state index contributed by atoms with van der Waals surface area (Å²) in [5.74, 6) is 0.960. The lowest BCUT2D eigenvalue weighted by Gasteiger charge is -2.32. The van der Waals surface area contributed by atoms with E-state index in [0.29, 0.717) is 23.9 Å². The largest absolute Gasteiger partial charge is 0.336 e. The highest BCUT2D eigenvalue weighted by Crippen LogP contribution is 2.38. The molecule has 2 aromatic rings. The SMILES string of the molecule is Cl.O=C(CC1CC2CCC(C1)N2)N1CCCC1c1cccc2ccccc12. The molecule has 0 aliphatic carbocycles. The number of piperidine rings is 1. The van der Waals surface area contributed by atoms with Crippen LogP contribution in [0.1, 0.15) is 56.6 Å². The molecule has 1 amide bonds. The van der Waals surface area contributed by atoms with Crippen LogP contribution in [0.3, 0.4) is 0 Å². The van der Waals surface area contributed by atoms with Gasteiger partial charge >= 0.3 is 0 Å². The van der Waals surface area contributed by atoms with Crippen LogP contribution < -0.4 is 5.32 Å². The van der Waals surface area contributed by atoms with Crippen molar-refractivity contribution in [1.29, 1.82) is 0 Å². The molecule has 3 atom stereocenters. The maximum atomic E-state index is 13.2. The average molecular weight is 385 g/mol. The Kier molecular flexibility index (Phi) is 5.43. The van der Waals surface area contributed by atoms with Crippen molar-refractivity contribution in [3.8, 4) is 0 Å². The van der Waals surface area contributed by atoms with Crippen molar-refractivity contribution < 1.29 is 4.79 Å². The van der Waals surface area contributed by atoms with Gasteiger partial charge in [0.25, 0.3) is 0 Å². The Hall–Kier alpha value is -1.58. The van der Waals surface area contributed by atoms with Crippen LogP contribution >= 0.6 is 12.4 Å². The smallest absolute Gasteiger partial charge is 0.223 e. The van der Waals surface area contributed by atoms with E-state index in [1.807, 2.05) is 0 Å². The molecular formula is C23H29ClN2O. The van der Waals surface area contributed by atoms with Crippen LogP contribution in [0.25, 0.3) is 10.8 Å². The summed E-state index contributed by atoms with van der Waals surface area (Å²) < 4.78 is 0. The molecule has 3 fully saturated rings. The molecule has 3 nitrogen and oxygen atoms in total. The molecule has 144 valence electrons. The lowest BCUT2D eigenvalue weighted by atomic mass is 9.89. The predicted molar refractivity (Wildman–Crippen MR) is 112 cm³/mol. The van der Waals surface area contributed by atoms with Crippen molar-refractivity contribution in [2.45, 2.75) is 63.1 Å². The first kappa shape index (κ1) is 18.8. The van der Waals surface area contributed by atoms with Crippen LogP contribution in [0.4, 0.5) is 0 Å². The molecule has 0 radical (unpaired) electrons. The summed E-state index contributed by atoms with van der Waals surface area (Å²) in [6.45, 7) is 0.921. The van der Waals surface area contributed by atoms with Crippen LogP contribution in [0.2, 0.25) is 0 Å². The van der Waals surface area contributed by atoms with Gasteiger partial charge in [0, 0.05) is 25.0 Å². The van der Waals surface area contributed by atoms with Crippen molar-refractivity contribution in [3.63, 3.8) is 0 Å². The highest BCUT2D eigenvalue weighted by atomic mass is 35.5. The highest BCUT2D eigenvalue weighted by molar-refractivity contribution is 5.87. The molecule has 3 unspecified atom stereocenters. The normalized spacial score (nSPS) is 29.7. The molecule has 2 aromatic carbocycles. The number of amides is 1. The van der Waals surface area contributed by atoms with Gasteiger partial charge in [-0.3, -0.25) is 4.79 Å². The minimum atomic E-state index is 0. The molecule has 3 saturated heterocycles. The summed E-state index contributed by atoms with van der Waals surface area (Å²) in [5.41, 5.74) is 1.33. The third-order valence-corrected chi connectivity index (χ3v) is 6.79. The lowest BCUT2D eigenvalue weighted by Crippen LogP contribution is -2.40. The van der Waals surface area contributed by atoms with E-state index in [1.54, 1.807) is 0 Å². The number of carbonyl (C=O) groups is 1. The molecule has 27 heavy (non-hydrogen) atoms. The third kappa shape index (κ3) is 3.60. The molecule has 3 heterocycles. The Morgan fingerprint density at radius 3 is 2.56 bits per heavy atom. The van der Waals surface area contributed by atoms with Gasteiger partial charge in [0.05, 0.1) is 6.04 Å². The standard InChI is InChI=1S/C23H28N2O.ClH/c26-23(15-16-13-18-10-11-19(14-16)24-18)25-12-4-9-22(25)21-8-3-6-17-5-1-2-7-20(17)21;/h1-3,5-8,16,18-19,22,24H,4,9-15H2;1H. The predicted octanol–water partition coefficient (Wildman–Crippen LogP) is 4.85. The maximum Gasteiger partial charge on any atom is 0.223 e. The Morgan fingerprint density at radius 1 is 1.00 bits per heavy atom. The van der Waals surface area contributed by atoms with E-state index in [9.17, 15) is 4.79 Å². The zero-order valence-corrected chi connectivity index (χ0v) is 16.6. The number of likely N-dealkylation sites (tertiary alicyclic amines) is 1. The van der Waals surface area contributed by atoms with Crippen molar-refractivity contribution in [1.82, 2.24) is 10.2 Å². The van der Waals surface area contributed by atoms with Crippen LogP contribution in [0.5, 0.6) is 0 Å². The lowest BCUT2D eigenvalue weighted by molar-refractivity contribution is -0.133. The van der Waals surface area contributed by atoms with E-state index < -0.39 is 0 Å². The molecule has 3 aliphatic rings. The summed E-state index contributed by atoms with van der Waals surface area (Å²) in [5, 5.41) is 6.28. The minimum Gasteiger partial charge on any atom is -0.336 e. The van der Waals surface area contributed by atoms with Gasteiger partial charge in [-0.25, -0.2) is 0 Å². The Morgan fingerprint density at radius 2 is 1.74 bits per heavy atom. The number of halogens is 1. The molecule has 2 bridgehead atoms. The number of hydrogen-bond donors (Lipinski definition) is 1. The topological polar surface area (TPSA) is 32.3 Å². The van der Waals surface area contributed by atoms with Gasteiger partial charge in [0.15, 0.2) is 0 Å². The first-order valence-electron chi connectivity index (χ1n) is 10.3. The van der Waals surface area contributed by atoms with Crippen LogP contribution in [-0.2, 0) is 4.79 Å². The van der Waals surface area contributed by atoms with Gasteiger partial charge in [-0.1, -0.05) is 42.5 Å². The van der Waals surface area contributed by atoms with E-state index in [2.05, 4.69) is 52.7 Å². The van der Waals surface area contributed by atoms with Crippen molar-refractivity contribution in [2.75, 3.05) is 6.54 Å². The number of hydrogen-bond acceptors (Lipinski definition) is 2. The first-order valence-corrected chi connectivity index (χ1v) is 10.3. The second-order valence-corrected chi connectivity index (χ2v) is 8.49. The quantitative estimate of drug-likeness (QED) is 0.820. The fourth-order valence-electron chi connectivity index (χ4n) is 5.64. The molecule has 0 saturated carbocycles. The average Bonchev–Trinajstić information content (AvgIpc) is 3.28. The summed E-state index contributed by atoms with van der Waals surface area (Å²) in [4.78, 5) is 15.4. The fraction of sp³-hybridized carbons (Fsp3) is 0.522. The number of carbonyl (C=O) groups excluding carboxylic acids is 1. The molecule has 5 rings (SSSR count). The number of nitrogens with zero attached hydrogens (tertiary/aromatic N) is 1. The van der Waals surface area contributed by atoms with Gasteiger partial charge in [-0.2, -0.15) is 0 Å². The van der Waals surface area contributed by atoms with Crippen LogP contribution in [-0.4, -0.2) is 29.4 Å². The number of nitrogens with one attached hydrogen (secondary N) is 1. The summed E-state index contributed by atoms with van der Waals surface area (Å²) in [6.07, 6.45) is 7.95. The van der Waals surface area contributed by atoms with Crippen LogP contribution in [0.15, 0.2) is 42.5 Å². The van der Waals surface area contributed by atoms with Gasteiger partial charge in [0.2, 0.25) is 5.91 Å². The zero-order valence-electron chi connectivity index (χ0n) is 15.8. The number of fused-ring (bicyclic) bond motifs is 3. The van der Waals surface area contributed by atoms with E-state index in [-0.39, 0.29) is 18.4 Å². The van der Waals surface area contributed by atoms with E-state index in [4.69, 9.17) is 0 Å². The first-order chi connectivity index (χ1) is 12.8. The minimum absolute atomic E-state index is 0. The number of benzene rings is 2. The van der Waals surface area contributed by atoms with Crippen LogP contribution in [0, 0.1) is 5.92 Å². The highest BCUT2D eigenvalue weighted by Gasteiger charge is 2.37.